The highest BCUT2D eigenvalue weighted by molar-refractivity contribution is 6.03. The molecule has 28 heavy (non-hydrogen) atoms. The maximum atomic E-state index is 13.7. The molecule has 3 rings (SSSR count). The SMILES string of the molecule is CC(=O)c1ccc(NC(=O)c2cc(C)nc(NCc3ccccc3F)n2)cc1. The summed E-state index contributed by atoms with van der Waals surface area (Å²) in [5.74, 6) is -0.542. The van der Waals surface area contributed by atoms with Crippen molar-refractivity contribution in [1.82, 2.24) is 9.97 Å². The van der Waals surface area contributed by atoms with Crippen LogP contribution in [0.25, 0.3) is 0 Å². The van der Waals surface area contributed by atoms with Gasteiger partial charge in [-0.25, -0.2) is 14.4 Å². The summed E-state index contributed by atoms with van der Waals surface area (Å²) in [5.41, 5.74) is 2.37. The van der Waals surface area contributed by atoms with Crippen LogP contribution < -0.4 is 10.6 Å². The number of rotatable bonds is 6. The minimum atomic E-state index is -0.407. The number of hydrogen-bond acceptors (Lipinski definition) is 5. The summed E-state index contributed by atoms with van der Waals surface area (Å²) in [4.78, 5) is 32.3. The zero-order valence-corrected chi connectivity index (χ0v) is 15.5. The molecule has 1 amide bonds. The van der Waals surface area contributed by atoms with Crippen molar-refractivity contribution >= 4 is 23.3 Å². The van der Waals surface area contributed by atoms with Crippen LogP contribution in [0.3, 0.4) is 0 Å². The fourth-order valence-corrected chi connectivity index (χ4v) is 2.56. The van der Waals surface area contributed by atoms with Gasteiger partial charge in [-0.3, -0.25) is 9.59 Å². The van der Waals surface area contributed by atoms with Gasteiger partial charge in [-0.05, 0) is 50.2 Å². The van der Waals surface area contributed by atoms with E-state index in [1.54, 1.807) is 55.5 Å². The second kappa shape index (κ2) is 8.39. The highest BCUT2D eigenvalue weighted by Gasteiger charge is 2.12. The Balaban J connectivity index is 1.72. The summed E-state index contributed by atoms with van der Waals surface area (Å²) in [7, 11) is 0. The summed E-state index contributed by atoms with van der Waals surface area (Å²) in [6, 6.07) is 14.6. The molecule has 0 spiro atoms. The summed E-state index contributed by atoms with van der Waals surface area (Å²) in [5, 5.41) is 5.68. The standard InChI is InChI=1S/C21H19FN4O2/c1-13-11-19(20(28)25-17-9-7-15(8-10-17)14(2)27)26-21(24-13)23-12-16-5-3-4-6-18(16)22/h3-11H,12H2,1-2H3,(H,25,28)(H,23,24,26). The Morgan fingerprint density at radius 3 is 2.43 bits per heavy atom. The third-order valence-electron chi connectivity index (χ3n) is 4.03. The molecular formula is C21H19FN4O2. The van der Waals surface area contributed by atoms with Gasteiger partial charge in [0.25, 0.3) is 5.91 Å². The minimum Gasteiger partial charge on any atom is -0.350 e. The van der Waals surface area contributed by atoms with Gasteiger partial charge in [0.15, 0.2) is 5.78 Å². The van der Waals surface area contributed by atoms with E-state index in [1.807, 2.05) is 0 Å². The molecule has 0 atom stereocenters. The number of amides is 1. The maximum Gasteiger partial charge on any atom is 0.274 e. The van der Waals surface area contributed by atoms with Gasteiger partial charge in [-0.2, -0.15) is 0 Å². The second-order valence-corrected chi connectivity index (χ2v) is 6.25. The number of aryl methyl sites for hydroxylation is 1. The van der Waals surface area contributed by atoms with E-state index in [0.717, 1.165) is 0 Å². The van der Waals surface area contributed by atoms with Crippen molar-refractivity contribution in [2.75, 3.05) is 10.6 Å². The Bertz CT molecular complexity index is 1020. The molecule has 0 unspecified atom stereocenters. The number of hydrogen-bond donors (Lipinski definition) is 2. The summed E-state index contributed by atoms with van der Waals surface area (Å²) >= 11 is 0. The molecule has 1 aromatic heterocycles. The van der Waals surface area contributed by atoms with Crippen LogP contribution in [0.4, 0.5) is 16.0 Å². The van der Waals surface area contributed by atoms with E-state index in [4.69, 9.17) is 0 Å². The molecule has 2 aromatic carbocycles. The number of ketones is 1. The van der Waals surface area contributed by atoms with Crippen molar-refractivity contribution in [3.8, 4) is 0 Å². The van der Waals surface area contributed by atoms with Gasteiger partial charge in [0.2, 0.25) is 5.95 Å². The number of aromatic nitrogens is 2. The molecule has 0 aliphatic rings. The molecule has 0 bridgehead atoms. The van der Waals surface area contributed by atoms with Crippen molar-refractivity contribution in [2.24, 2.45) is 0 Å². The Kier molecular flexibility index (Phi) is 5.74. The average molecular weight is 378 g/mol. The third kappa shape index (κ3) is 4.76. The molecule has 0 aliphatic carbocycles. The number of carbonyl (C=O) groups is 2. The van der Waals surface area contributed by atoms with E-state index in [1.165, 1.54) is 13.0 Å². The highest BCUT2D eigenvalue weighted by Crippen LogP contribution is 2.14. The van der Waals surface area contributed by atoms with E-state index in [0.29, 0.717) is 22.5 Å². The van der Waals surface area contributed by atoms with Gasteiger partial charge in [-0.15, -0.1) is 0 Å². The molecule has 6 nitrogen and oxygen atoms in total. The van der Waals surface area contributed by atoms with Crippen LogP contribution in [-0.2, 0) is 6.54 Å². The van der Waals surface area contributed by atoms with Crippen LogP contribution in [0.2, 0.25) is 0 Å². The zero-order valence-electron chi connectivity index (χ0n) is 15.5. The molecule has 0 saturated carbocycles. The topological polar surface area (TPSA) is 84.0 Å². The first kappa shape index (κ1) is 19.2. The normalized spacial score (nSPS) is 10.4. The first-order chi connectivity index (χ1) is 13.4. The number of Topliss-reactive ketones (excluding diaryl/α,β-unsaturated/α-hetero) is 1. The van der Waals surface area contributed by atoms with E-state index in [2.05, 4.69) is 20.6 Å². The number of anilines is 2. The van der Waals surface area contributed by atoms with Gasteiger partial charge in [0.05, 0.1) is 0 Å². The van der Waals surface area contributed by atoms with Crippen molar-refractivity contribution in [3.05, 3.63) is 82.9 Å². The largest absolute Gasteiger partial charge is 0.350 e. The van der Waals surface area contributed by atoms with Crippen LogP contribution >= 0.6 is 0 Å². The van der Waals surface area contributed by atoms with Crippen molar-refractivity contribution in [2.45, 2.75) is 20.4 Å². The number of nitrogens with one attached hydrogen (secondary N) is 2. The lowest BCUT2D eigenvalue weighted by Gasteiger charge is -2.09. The molecule has 0 aliphatic heterocycles. The van der Waals surface area contributed by atoms with Gasteiger partial charge >= 0.3 is 0 Å². The molecule has 142 valence electrons. The predicted molar refractivity (Wildman–Crippen MR) is 105 cm³/mol. The van der Waals surface area contributed by atoms with Gasteiger partial charge < -0.3 is 10.6 Å². The molecule has 0 fully saturated rings. The van der Waals surface area contributed by atoms with Crippen LogP contribution in [0, 0.1) is 12.7 Å². The van der Waals surface area contributed by atoms with E-state index in [-0.39, 0.29) is 29.8 Å². The first-order valence-electron chi connectivity index (χ1n) is 8.67. The fourth-order valence-electron chi connectivity index (χ4n) is 2.56. The minimum absolute atomic E-state index is 0.0464. The van der Waals surface area contributed by atoms with E-state index in [9.17, 15) is 14.0 Å². The second-order valence-electron chi connectivity index (χ2n) is 6.25. The Morgan fingerprint density at radius 1 is 1.04 bits per heavy atom. The quantitative estimate of drug-likeness (QED) is 0.634. The van der Waals surface area contributed by atoms with Gasteiger partial charge in [0.1, 0.15) is 11.5 Å². The van der Waals surface area contributed by atoms with Crippen molar-refractivity contribution < 1.29 is 14.0 Å². The van der Waals surface area contributed by atoms with Crippen LogP contribution in [0.15, 0.2) is 54.6 Å². The van der Waals surface area contributed by atoms with E-state index < -0.39 is 5.91 Å². The Hall–Kier alpha value is -3.61. The highest BCUT2D eigenvalue weighted by atomic mass is 19.1. The molecule has 3 aromatic rings. The fraction of sp³-hybridized carbons (Fsp3) is 0.143. The predicted octanol–water partition coefficient (Wildman–Crippen LogP) is 3.99. The summed E-state index contributed by atoms with van der Waals surface area (Å²) in [6.45, 7) is 3.42. The van der Waals surface area contributed by atoms with Crippen molar-refractivity contribution in [3.63, 3.8) is 0 Å². The van der Waals surface area contributed by atoms with Gasteiger partial charge in [-0.1, -0.05) is 18.2 Å². The first-order valence-corrected chi connectivity index (χ1v) is 8.67. The third-order valence-corrected chi connectivity index (χ3v) is 4.03. The maximum absolute atomic E-state index is 13.7. The summed E-state index contributed by atoms with van der Waals surface area (Å²) < 4.78 is 13.7. The number of carbonyl (C=O) groups excluding carboxylic acids is 2. The summed E-state index contributed by atoms with van der Waals surface area (Å²) in [6.07, 6.45) is 0. The van der Waals surface area contributed by atoms with Crippen LogP contribution in [0.5, 0.6) is 0 Å². The number of nitrogens with zero attached hydrogens (tertiary/aromatic N) is 2. The Labute approximate surface area is 161 Å². The van der Waals surface area contributed by atoms with Crippen LogP contribution in [-0.4, -0.2) is 21.7 Å². The number of halogens is 1. The average Bonchev–Trinajstić information content (AvgIpc) is 2.67. The smallest absolute Gasteiger partial charge is 0.274 e. The molecule has 0 radical (unpaired) electrons. The molecule has 0 saturated heterocycles. The van der Waals surface area contributed by atoms with Crippen molar-refractivity contribution in [1.29, 1.82) is 0 Å². The molecular weight excluding hydrogens is 359 g/mol. The van der Waals surface area contributed by atoms with Gasteiger partial charge in [0, 0.05) is 29.1 Å². The van der Waals surface area contributed by atoms with Crippen LogP contribution in [0.1, 0.15) is 39.0 Å². The zero-order chi connectivity index (χ0) is 20.1. The lowest BCUT2D eigenvalue weighted by Crippen LogP contribution is -2.16. The molecule has 2 N–H and O–H groups in total. The van der Waals surface area contributed by atoms with E-state index >= 15 is 0 Å². The lowest BCUT2D eigenvalue weighted by molar-refractivity contribution is 0.101. The number of benzene rings is 2. The monoisotopic (exact) mass is 378 g/mol. The lowest BCUT2D eigenvalue weighted by atomic mass is 10.1. The Morgan fingerprint density at radius 2 is 1.75 bits per heavy atom. The molecule has 7 heteroatoms. The molecule has 1 heterocycles.